The quantitative estimate of drug-likeness (QED) is 0.0342. The molecule has 0 bridgehead atoms. The lowest BCUT2D eigenvalue weighted by atomic mass is 9.93. The molecule has 1 aliphatic heterocycles. The van der Waals surface area contributed by atoms with Crippen molar-refractivity contribution in [3.8, 4) is 22.5 Å². The van der Waals surface area contributed by atoms with Crippen LogP contribution in [0.3, 0.4) is 0 Å². The fourth-order valence-corrected chi connectivity index (χ4v) is 6.38. The Balaban J connectivity index is 1.77. The Hall–Kier alpha value is -4.68. The van der Waals surface area contributed by atoms with E-state index < -0.39 is 22.2 Å². The van der Waals surface area contributed by atoms with Crippen molar-refractivity contribution < 1.29 is 36.5 Å². The third kappa shape index (κ3) is 9.72. The zero-order chi connectivity index (χ0) is 36.3. The predicted molar refractivity (Wildman–Crippen MR) is 194 cm³/mol. The van der Waals surface area contributed by atoms with Crippen LogP contribution in [0.5, 0.6) is 0 Å². The van der Waals surface area contributed by atoms with Gasteiger partial charge in [0.05, 0.1) is 17.5 Å². The van der Waals surface area contributed by atoms with Crippen LogP contribution in [0.4, 0.5) is 10.5 Å². The third-order valence-corrected chi connectivity index (χ3v) is 9.23. The lowest BCUT2D eigenvalue weighted by Crippen LogP contribution is -2.36. The van der Waals surface area contributed by atoms with E-state index in [1.165, 1.54) is 6.07 Å². The zero-order valence-electron chi connectivity index (χ0n) is 29.3. The minimum atomic E-state index is -4.79. The number of nitrogens with one attached hydrogen (secondary N) is 1. The summed E-state index contributed by atoms with van der Waals surface area (Å²) in [5.74, 6) is -0.00899. The van der Waals surface area contributed by atoms with Crippen molar-refractivity contribution in [2.45, 2.75) is 58.3 Å². The molecule has 0 saturated carbocycles. The van der Waals surface area contributed by atoms with Crippen LogP contribution in [-0.2, 0) is 24.4 Å². The summed E-state index contributed by atoms with van der Waals surface area (Å²) in [6.07, 6.45) is 3.31. The summed E-state index contributed by atoms with van der Waals surface area (Å²) in [6, 6.07) is 17.9. The number of ether oxygens (including phenoxy) is 2. The van der Waals surface area contributed by atoms with Gasteiger partial charge in [-0.15, -0.1) is 0 Å². The van der Waals surface area contributed by atoms with E-state index in [1.54, 1.807) is 25.1 Å². The lowest BCUT2D eigenvalue weighted by Gasteiger charge is -2.24. The van der Waals surface area contributed by atoms with Gasteiger partial charge in [-0.25, -0.2) is 22.6 Å². The van der Waals surface area contributed by atoms with Gasteiger partial charge in [-0.05, 0) is 44.5 Å². The fraction of sp³-hybridized carbons (Fsp3) is 0.395. The number of unbranched alkanes of at least 4 members (excludes halogenated alkanes) is 2. The molecule has 1 amide bonds. The Bertz CT molecular complexity index is 1970. The number of nitrogens with zero attached hydrogens (tertiary/aromatic N) is 2. The standard InChI is InChI=1S/C38H47N3O8S/c1-6-9-20-40(8-3)28-15-17-30-33(25-28)49-34-26-29(16-18-31(34)36(30)32-13-11-12-14-35(32)50(44,45)46)41(21-10-7-2)22-24-48-38(43)39-19-23-47-37(42)27(4)5/h11-18,25-26H,4,6-10,19-24H2,1-3,5H3,(H-,39,43,44,45,46). The van der Waals surface area contributed by atoms with E-state index in [0.29, 0.717) is 46.5 Å². The van der Waals surface area contributed by atoms with Gasteiger partial charge in [0.2, 0.25) is 5.36 Å². The van der Waals surface area contributed by atoms with E-state index in [9.17, 15) is 22.6 Å². The number of amides is 1. The topological polar surface area (TPSA) is 141 Å². The Morgan fingerprint density at radius 1 is 0.940 bits per heavy atom. The van der Waals surface area contributed by atoms with E-state index in [2.05, 4.69) is 42.1 Å². The summed E-state index contributed by atoms with van der Waals surface area (Å²) in [4.78, 5) is 25.8. The molecule has 0 unspecified atom stereocenters. The summed E-state index contributed by atoms with van der Waals surface area (Å²) >= 11 is 0. The molecule has 1 aliphatic carbocycles. The predicted octanol–water partition coefficient (Wildman–Crippen LogP) is 6.15. The minimum Gasteiger partial charge on any atom is -0.744 e. The SMILES string of the molecule is C=C(C)C(=O)OCCNC(=O)OCC[N+](CCCC)=c1ccc2c(-c3ccccc3S(=O)(=O)[O-])c3ccc(N(CC)CCCC)cc3oc-2c1. The number of benzene rings is 3. The molecule has 1 heterocycles. The molecule has 1 N–H and O–H groups in total. The van der Waals surface area contributed by atoms with Crippen LogP contribution >= 0.6 is 0 Å². The van der Waals surface area contributed by atoms with Crippen molar-refractivity contribution in [3.63, 3.8) is 0 Å². The maximum Gasteiger partial charge on any atom is 0.407 e. The van der Waals surface area contributed by atoms with Crippen LogP contribution in [0.2, 0.25) is 0 Å². The Labute approximate surface area is 294 Å². The Morgan fingerprint density at radius 3 is 2.40 bits per heavy atom. The number of alkyl carbamates (subject to hydrolysis) is 1. The number of hydrogen-bond acceptors (Lipinski definition) is 9. The van der Waals surface area contributed by atoms with Gasteiger partial charge in [0.25, 0.3) is 0 Å². The molecule has 2 aromatic rings. The summed E-state index contributed by atoms with van der Waals surface area (Å²) in [7, 11) is -4.79. The molecular formula is C38H47N3O8S. The Morgan fingerprint density at radius 2 is 1.70 bits per heavy atom. The van der Waals surface area contributed by atoms with E-state index in [-0.39, 0.29) is 30.2 Å². The molecule has 0 aromatic heterocycles. The number of hydrogen-bond donors (Lipinski definition) is 1. The van der Waals surface area contributed by atoms with Crippen LogP contribution in [0, 0.1) is 0 Å². The maximum absolute atomic E-state index is 12.4. The molecule has 0 spiro atoms. The van der Waals surface area contributed by atoms with Crippen LogP contribution < -0.4 is 20.1 Å². The molecule has 0 radical (unpaired) electrons. The van der Waals surface area contributed by atoms with E-state index in [0.717, 1.165) is 49.8 Å². The monoisotopic (exact) mass is 705 g/mol. The van der Waals surface area contributed by atoms with Gasteiger partial charge in [0.15, 0.2) is 13.2 Å². The highest BCUT2D eigenvalue weighted by Gasteiger charge is 2.23. The molecule has 2 aliphatic rings. The normalized spacial score (nSPS) is 12.1. The second-order valence-electron chi connectivity index (χ2n) is 12.0. The molecule has 12 heteroatoms. The van der Waals surface area contributed by atoms with Gasteiger partial charge < -0.3 is 28.7 Å². The van der Waals surface area contributed by atoms with Crippen LogP contribution in [0.1, 0.15) is 53.4 Å². The first-order chi connectivity index (χ1) is 24.0. The van der Waals surface area contributed by atoms with Crippen molar-refractivity contribution >= 4 is 38.8 Å². The molecule has 0 fully saturated rings. The molecule has 0 saturated heterocycles. The number of anilines is 1. The van der Waals surface area contributed by atoms with Gasteiger partial charge >= 0.3 is 12.1 Å². The van der Waals surface area contributed by atoms with Crippen molar-refractivity contribution in [1.29, 1.82) is 0 Å². The summed E-state index contributed by atoms with van der Waals surface area (Å²) < 4.78 is 56.4. The molecule has 11 nitrogen and oxygen atoms in total. The smallest absolute Gasteiger partial charge is 0.407 e. The van der Waals surface area contributed by atoms with Crippen LogP contribution in [0.15, 0.2) is 82.1 Å². The number of esters is 1. The summed E-state index contributed by atoms with van der Waals surface area (Å²) in [5, 5.41) is 4.09. The van der Waals surface area contributed by atoms with Gasteiger partial charge in [-0.1, -0.05) is 51.5 Å². The summed E-state index contributed by atoms with van der Waals surface area (Å²) in [5.41, 5.74) is 3.38. The number of carbonyl (C=O) groups excluding carboxylic acids is 2. The Kier molecular flexibility index (Phi) is 13.6. The number of rotatable bonds is 17. The second-order valence-corrected chi connectivity index (χ2v) is 13.4. The molecule has 50 heavy (non-hydrogen) atoms. The molecule has 0 atom stereocenters. The molecular weight excluding hydrogens is 658 g/mol. The number of fused-ring (bicyclic) bond motifs is 2. The summed E-state index contributed by atoms with van der Waals surface area (Å²) in [6.45, 7) is 14.4. The van der Waals surface area contributed by atoms with E-state index in [4.69, 9.17) is 13.9 Å². The first-order valence-corrected chi connectivity index (χ1v) is 18.5. The first-order valence-electron chi connectivity index (χ1n) is 17.1. The third-order valence-electron chi connectivity index (χ3n) is 8.34. The zero-order valence-corrected chi connectivity index (χ0v) is 30.1. The first kappa shape index (κ1) is 38.1. The average Bonchev–Trinajstić information content (AvgIpc) is 3.10. The molecule has 2 aromatic carbocycles. The average molecular weight is 706 g/mol. The highest BCUT2D eigenvalue weighted by molar-refractivity contribution is 7.85. The van der Waals surface area contributed by atoms with Gasteiger partial charge in [-0.3, -0.25) is 0 Å². The van der Waals surface area contributed by atoms with E-state index >= 15 is 0 Å². The van der Waals surface area contributed by atoms with Crippen LogP contribution in [-0.4, -0.2) is 71.0 Å². The van der Waals surface area contributed by atoms with Gasteiger partial charge in [0.1, 0.15) is 34.6 Å². The van der Waals surface area contributed by atoms with Crippen LogP contribution in [0.25, 0.3) is 33.4 Å². The second kappa shape index (κ2) is 17.8. The van der Waals surface area contributed by atoms with E-state index in [1.807, 2.05) is 36.4 Å². The van der Waals surface area contributed by atoms with Crippen molar-refractivity contribution in [2.75, 3.05) is 50.8 Å². The highest BCUT2D eigenvalue weighted by Crippen LogP contribution is 2.42. The van der Waals surface area contributed by atoms with Crippen molar-refractivity contribution in [1.82, 2.24) is 9.89 Å². The lowest BCUT2D eigenvalue weighted by molar-refractivity contribution is -0.138. The van der Waals surface area contributed by atoms with Crippen molar-refractivity contribution in [2.24, 2.45) is 0 Å². The maximum atomic E-state index is 12.4. The highest BCUT2D eigenvalue weighted by atomic mass is 32.2. The fourth-order valence-electron chi connectivity index (χ4n) is 5.70. The van der Waals surface area contributed by atoms with Gasteiger partial charge in [0, 0.05) is 65.0 Å². The van der Waals surface area contributed by atoms with Gasteiger partial charge in [-0.2, -0.15) is 0 Å². The largest absolute Gasteiger partial charge is 0.744 e. The van der Waals surface area contributed by atoms with Crippen molar-refractivity contribution in [3.05, 3.63) is 78.2 Å². The number of carbonyl (C=O) groups is 2. The minimum absolute atomic E-state index is 0.00259. The molecule has 268 valence electrons. The molecule has 4 rings (SSSR count).